The van der Waals surface area contributed by atoms with E-state index >= 15 is 0 Å². The van der Waals surface area contributed by atoms with E-state index in [-0.39, 0.29) is 24.9 Å². The van der Waals surface area contributed by atoms with Gasteiger partial charge in [-0.1, -0.05) is 18.2 Å². The third-order valence-electron chi connectivity index (χ3n) is 5.00. The van der Waals surface area contributed by atoms with Crippen LogP contribution >= 0.6 is 0 Å². The minimum atomic E-state index is -1.06. The zero-order valence-electron chi connectivity index (χ0n) is 16.2. The number of carbonyl (C=O) groups is 2. The minimum absolute atomic E-state index is 0.192. The number of carbonyl (C=O) groups excluding carboxylic acids is 1. The average molecular weight is 402 g/mol. The molecule has 0 saturated carbocycles. The summed E-state index contributed by atoms with van der Waals surface area (Å²) in [5.74, 6) is -1.81. The van der Waals surface area contributed by atoms with Gasteiger partial charge in [0.25, 0.3) is 0 Å². The normalized spacial score (nSPS) is 19.3. The molecule has 2 aliphatic heterocycles. The highest BCUT2D eigenvalue weighted by atomic mass is 19.1. The number of aliphatic carboxylic acids is 1. The van der Waals surface area contributed by atoms with Crippen molar-refractivity contribution in [3.05, 3.63) is 59.1 Å². The monoisotopic (exact) mass is 402 g/mol. The third-order valence-corrected chi connectivity index (χ3v) is 5.00. The fraction of sp³-hybridized carbons (Fsp3) is 0.429. The highest BCUT2D eigenvalue weighted by molar-refractivity contribution is 5.78. The molecule has 0 bridgehead atoms. The van der Waals surface area contributed by atoms with E-state index in [4.69, 9.17) is 5.11 Å². The number of amides is 1. The Balaban J connectivity index is 1.44. The van der Waals surface area contributed by atoms with E-state index in [1.54, 1.807) is 6.07 Å². The smallest absolute Gasteiger partial charge is 0.305 e. The van der Waals surface area contributed by atoms with E-state index in [9.17, 15) is 14.0 Å². The van der Waals surface area contributed by atoms with Crippen LogP contribution in [0.4, 0.5) is 4.39 Å². The van der Waals surface area contributed by atoms with E-state index < -0.39 is 17.8 Å². The lowest BCUT2D eigenvalue weighted by molar-refractivity contribution is -0.137. The number of fused-ring (bicyclic) bond motifs is 1. The highest BCUT2D eigenvalue weighted by Crippen LogP contribution is 2.19. The Labute approximate surface area is 169 Å². The number of rotatable bonds is 9. The fourth-order valence-electron chi connectivity index (χ4n) is 3.53. The first kappa shape index (κ1) is 21.0. The lowest BCUT2D eigenvalue weighted by Gasteiger charge is -2.32. The summed E-state index contributed by atoms with van der Waals surface area (Å²) in [6, 6.07) is 4.87. The van der Waals surface area contributed by atoms with Crippen LogP contribution < -0.4 is 21.3 Å². The maximum atomic E-state index is 13.4. The van der Waals surface area contributed by atoms with Gasteiger partial charge in [-0.05, 0) is 48.7 Å². The summed E-state index contributed by atoms with van der Waals surface area (Å²) in [4.78, 5) is 23.3. The third kappa shape index (κ3) is 6.40. The quantitative estimate of drug-likeness (QED) is 0.402. The number of carboxylic acid groups (broad SMARTS) is 1. The molecule has 1 amide bonds. The molecule has 2 atom stereocenters. The van der Waals surface area contributed by atoms with Gasteiger partial charge >= 0.3 is 5.97 Å². The largest absolute Gasteiger partial charge is 0.481 e. The van der Waals surface area contributed by atoms with Gasteiger partial charge in [0.2, 0.25) is 5.91 Å². The van der Waals surface area contributed by atoms with Crippen molar-refractivity contribution < 1.29 is 19.1 Å². The first-order valence-electron chi connectivity index (χ1n) is 9.88. The van der Waals surface area contributed by atoms with Gasteiger partial charge in [0.05, 0.1) is 18.6 Å². The van der Waals surface area contributed by atoms with Gasteiger partial charge in [-0.15, -0.1) is 0 Å². The molecule has 1 aromatic rings. The predicted octanol–water partition coefficient (Wildman–Crippen LogP) is 1.56. The molecule has 1 aromatic carbocycles. The molecule has 5 N–H and O–H groups in total. The standard InChI is InChI=1S/C21H27FN4O3/c22-16-5-1-3-15(11-16)18(12-20(28)29)26-19(27)8-10-23-13-17-7-6-14-4-2-9-24-21(14)25-17/h1,3,5-7,11,18,21,23-25H,2,4,8-10,12-13H2,(H,26,27)(H,28,29)/t18-,21?/m0/s1. The summed E-state index contributed by atoms with van der Waals surface area (Å²) < 4.78 is 13.4. The molecule has 29 heavy (non-hydrogen) atoms. The number of nitrogens with one attached hydrogen (secondary N) is 4. The zero-order valence-corrected chi connectivity index (χ0v) is 16.2. The van der Waals surface area contributed by atoms with Crippen LogP contribution in [0.3, 0.4) is 0 Å². The topological polar surface area (TPSA) is 102 Å². The maximum absolute atomic E-state index is 13.4. The Kier molecular flexibility index (Phi) is 7.37. The molecule has 1 fully saturated rings. The van der Waals surface area contributed by atoms with Gasteiger partial charge in [-0.25, -0.2) is 4.39 Å². The van der Waals surface area contributed by atoms with Gasteiger partial charge in [-0.3, -0.25) is 14.9 Å². The number of dihydropyridines is 1. The lowest BCUT2D eigenvalue weighted by Crippen LogP contribution is -2.49. The Morgan fingerprint density at radius 1 is 1.31 bits per heavy atom. The van der Waals surface area contributed by atoms with E-state index in [0.717, 1.165) is 25.1 Å². The van der Waals surface area contributed by atoms with Crippen molar-refractivity contribution in [1.29, 1.82) is 0 Å². The van der Waals surface area contributed by atoms with Crippen molar-refractivity contribution in [2.75, 3.05) is 19.6 Å². The van der Waals surface area contributed by atoms with Crippen LogP contribution in [0.1, 0.15) is 37.3 Å². The van der Waals surface area contributed by atoms with Crippen LogP contribution in [0.25, 0.3) is 0 Å². The average Bonchev–Trinajstić information content (AvgIpc) is 2.70. The van der Waals surface area contributed by atoms with E-state index in [1.807, 2.05) is 0 Å². The number of hydrogen-bond donors (Lipinski definition) is 5. The highest BCUT2D eigenvalue weighted by Gasteiger charge is 2.21. The van der Waals surface area contributed by atoms with Crippen LogP contribution in [0.15, 0.2) is 47.7 Å². The number of halogens is 1. The summed E-state index contributed by atoms with van der Waals surface area (Å²) in [5, 5.41) is 21.9. The van der Waals surface area contributed by atoms with Crippen molar-refractivity contribution >= 4 is 11.9 Å². The minimum Gasteiger partial charge on any atom is -0.481 e. The van der Waals surface area contributed by atoms with Crippen molar-refractivity contribution in [2.45, 2.75) is 37.9 Å². The molecule has 8 heteroatoms. The van der Waals surface area contributed by atoms with Crippen LogP contribution in [0.2, 0.25) is 0 Å². The number of piperidine rings is 1. The number of allylic oxidation sites excluding steroid dienone is 2. The summed E-state index contributed by atoms with van der Waals surface area (Å²) >= 11 is 0. The van der Waals surface area contributed by atoms with Crippen LogP contribution in [-0.4, -0.2) is 42.8 Å². The molecule has 3 rings (SSSR count). The maximum Gasteiger partial charge on any atom is 0.305 e. The summed E-state index contributed by atoms with van der Waals surface area (Å²) in [6.45, 7) is 2.05. The lowest BCUT2D eigenvalue weighted by atomic mass is 10.00. The van der Waals surface area contributed by atoms with E-state index in [1.165, 1.54) is 23.8 Å². The molecule has 1 saturated heterocycles. The molecule has 2 heterocycles. The van der Waals surface area contributed by atoms with E-state index in [2.05, 4.69) is 33.4 Å². The number of benzene rings is 1. The van der Waals surface area contributed by atoms with Gasteiger partial charge < -0.3 is 21.1 Å². The zero-order chi connectivity index (χ0) is 20.6. The van der Waals surface area contributed by atoms with Gasteiger partial charge in [0.15, 0.2) is 0 Å². The molecule has 0 aliphatic carbocycles. The second-order valence-electron chi connectivity index (χ2n) is 7.27. The fourth-order valence-corrected chi connectivity index (χ4v) is 3.53. The summed E-state index contributed by atoms with van der Waals surface area (Å²) in [6.07, 6.45) is 6.54. The van der Waals surface area contributed by atoms with Gasteiger partial charge in [0, 0.05) is 25.2 Å². The predicted molar refractivity (Wildman–Crippen MR) is 107 cm³/mol. The number of hydrogen-bond acceptors (Lipinski definition) is 5. The van der Waals surface area contributed by atoms with Gasteiger partial charge in [-0.2, -0.15) is 0 Å². The molecule has 7 nitrogen and oxygen atoms in total. The van der Waals surface area contributed by atoms with Crippen LogP contribution in [-0.2, 0) is 9.59 Å². The first-order valence-corrected chi connectivity index (χ1v) is 9.88. The Hall–Kier alpha value is -2.71. The first-order chi connectivity index (χ1) is 14.0. The number of carboxylic acids is 1. The van der Waals surface area contributed by atoms with Crippen molar-refractivity contribution in [3.63, 3.8) is 0 Å². The summed E-state index contributed by atoms with van der Waals surface area (Å²) in [7, 11) is 0. The Bertz CT molecular complexity index is 809. The molecular formula is C21H27FN4O3. The SMILES string of the molecule is O=C(O)C[C@H](NC(=O)CCNCC1=CC=C2CCCNC2N1)c1cccc(F)c1. The van der Waals surface area contributed by atoms with Crippen LogP contribution in [0, 0.1) is 5.82 Å². The second-order valence-corrected chi connectivity index (χ2v) is 7.27. The van der Waals surface area contributed by atoms with Crippen LogP contribution in [0.5, 0.6) is 0 Å². The molecular weight excluding hydrogens is 375 g/mol. The molecule has 156 valence electrons. The molecule has 0 radical (unpaired) electrons. The van der Waals surface area contributed by atoms with Crippen molar-refractivity contribution in [3.8, 4) is 0 Å². The molecule has 1 unspecified atom stereocenters. The molecule has 2 aliphatic rings. The van der Waals surface area contributed by atoms with Crippen molar-refractivity contribution in [1.82, 2.24) is 21.3 Å². The summed E-state index contributed by atoms with van der Waals surface area (Å²) in [5.41, 5.74) is 2.85. The molecule has 0 spiro atoms. The Morgan fingerprint density at radius 3 is 2.97 bits per heavy atom. The second kappa shape index (κ2) is 10.2. The van der Waals surface area contributed by atoms with Gasteiger partial charge in [0.1, 0.15) is 5.82 Å². The van der Waals surface area contributed by atoms with E-state index in [0.29, 0.717) is 18.7 Å². The Morgan fingerprint density at radius 2 is 2.17 bits per heavy atom. The molecule has 0 aromatic heterocycles. The van der Waals surface area contributed by atoms with Crippen molar-refractivity contribution in [2.24, 2.45) is 0 Å².